The van der Waals surface area contributed by atoms with E-state index in [9.17, 15) is 96.6 Å². The second-order valence-corrected chi connectivity index (χ2v) is 12.0. The van der Waals surface area contributed by atoms with Crippen LogP contribution in [0, 0.1) is 0 Å². The first kappa shape index (κ1) is 51.8. The normalized spacial score (nSPS) is 37.8. The van der Waals surface area contributed by atoms with Crippen molar-refractivity contribution in [3.8, 4) is 0 Å². The Morgan fingerprint density at radius 2 is 0.467 bits per heavy atom. The van der Waals surface area contributed by atoms with Crippen LogP contribution >= 0.6 is 0 Å². The van der Waals surface area contributed by atoms with E-state index in [0.29, 0.717) is 0 Å². The lowest BCUT2D eigenvalue weighted by atomic mass is 9.40. The monoisotopic (exact) mass is 980 g/mol. The average molecular weight is 980 g/mol. The molecule has 0 heterocycles. The molecule has 60 heavy (non-hydrogen) atoms. The van der Waals surface area contributed by atoms with Crippen LogP contribution in [0.3, 0.4) is 0 Å². The number of hydrogen-bond acceptors (Lipinski definition) is 8. The van der Waals surface area contributed by atoms with Gasteiger partial charge in [0.05, 0.1) is 0 Å². The number of ether oxygens (including phenoxy) is 4. The van der Waals surface area contributed by atoms with Gasteiger partial charge in [-0.1, -0.05) is 0 Å². The van der Waals surface area contributed by atoms with E-state index in [1.54, 1.807) is 0 Å². The lowest BCUT2D eigenvalue weighted by Crippen LogP contribution is -3.10. The van der Waals surface area contributed by atoms with Crippen LogP contribution in [-0.4, -0.2) is 139 Å². The predicted molar refractivity (Wildman–Crippen MR) is 103 cm³/mol. The first-order valence-electron chi connectivity index (χ1n) is 13.1. The Hall–Kier alpha value is -2.56. The maximum Gasteiger partial charge on any atom is 0.453 e. The summed E-state index contributed by atoms with van der Waals surface area (Å²) in [6.45, 7) is 0. The number of halogens is 32. The zero-order valence-corrected chi connectivity index (χ0v) is 25.5. The second kappa shape index (κ2) is 11.8. The average Bonchev–Trinajstić information content (AvgIpc) is 2.97. The van der Waals surface area contributed by atoms with Gasteiger partial charge in [-0.15, -0.1) is 0 Å². The van der Waals surface area contributed by atoms with Gasteiger partial charge in [-0.05, 0) is 0 Å². The van der Waals surface area contributed by atoms with Gasteiger partial charge in [0.25, 0.3) is 0 Å². The predicted octanol–water partition coefficient (Wildman–Crippen LogP) is 6.84. The van der Waals surface area contributed by atoms with Crippen molar-refractivity contribution in [2.24, 2.45) is 0 Å². The largest absolute Gasteiger partial charge is 0.453 e. The van der Waals surface area contributed by atoms with E-state index in [2.05, 4.69) is 0 Å². The molecule has 4 N–H and O–H groups in total. The van der Waals surface area contributed by atoms with E-state index < -0.39 is 119 Å². The maximum absolute atomic E-state index is 16.3. The van der Waals surface area contributed by atoms with Crippen LogP contribution in [0.1, 0.15) is 0 Å². The minimum atomic E-state index is -9.85. The number of rotatable bonds is 14. The van der Waals surface area contributed by atoms with Gasteiger partial charge in [0, 0.05) is 0 Å². The summed E-state index contributed by atoms with van der Waals surface area (Å²) in [4.78, 5) is 0. The SMILES string of the molecule is OC(F)(F)C(O)(F)C(F)(F)OC(F)(F)C(F)(F)OC1(F)C2(F)C(F)(F)C3(F)C(F)(F)C(F)(C2(F)F)C(F)(OC(F)(F)C(F)(F)OC(F)(F)C(O)(F)C(O)(F)F)C1(F)C3(F)F. The van der Waals surface area contributed by atoms with E-state index in [1.807, 2.05) is 0 Å². The van der Waals surface area contributed by atoms with E-state index >= 15 is 43.9 Å². The molecule has 8 nitrogen and oxygen atoms in total. The van der Waals surface area contributed by atoms with Crippen LogP contribution in [0.15, 0.2) is 0 Å². The van der Waals surface area contributed by atoms with Crippen LogP contribution in [0.4, 0.5) is 140 Å². The highest BCUT2D eigenvalue weighted by molar-refractivity contribution is 5.54. The summed E-state index contributed by atoms with van der Waals surface area (Å²) in [5, 5.41) is 31.9. The fourth-order valence-corrected chi connectivity index (χ4v) is 5.51. The molecule has 4 rings (SSSR count). The summed E-state index contributed by atoms with van der Waals surface area (Å²) in [6, 6.07) is 0. The third-order valence-corrected chi connectivity index (χ3v) is 8.53. The molecule has 0 aliphatic heterocycles. The zero-order chi connectivity index (χ0) is 48.8. The summed E-state index contributed by atoms with van der Waals surface area (Å²) in [7, 11) is 0. The number of alkyl halides is 32. The third-order valence-electron chi connectivity index (χ3n) is 8.53. The number of aliphatic hydroxyl groups is 4. The fourth-order valence-electron chi connectivity index (χ4n) is 5.51. The Bertz CT molecular complexity index is 1630. The lowest BCUT2D eigenvalue weighted by Gasteiger charge is -2.75. The van der Waals surface area contributed by atoms with Gasteiger partial charge >= 0.3 is 119 Å². The quantitative estimate of drug-likeness (QED) is 0.140. The van der Waals surface area contributed by atoms with Crippen molar-refractivity contribution in [3.63, 3.8) is 0 Å². The van der Waals surface area contributed by atoms with Gasteiger partial charge in [0.1, 0.15) is 0 Å². The Balaban J connectivity index is 2.53. The molecule has 0 radical (unpaired) electrons. The van der Waals surface area contributed by atoms with Crippen LogP contribution in [0.2, 0.25) is 0 Å². The molecule has 4 fully saturated rings. The van der Waals surface area contributed by atoms with Gasteiger partial charge < -0.3 is 20.4 Å². The first-order chi connectivity index (χ1) is 25.3. The van der Waals surface area contributed by atoms with Gasteiger partial charge in [-0.25, -0.2) is 35.8 Å². The van der Waals surface area contributed by atoms with Crippen molar-refractivity contribution in [2.75, 3.05) is 0 Å². The van der Waals surface area contributed by atoms with Crippen molar-refractivity contribution >= 4 is 0 Å². The highest BCUT2D eigenvalue weighted by Crippen LogP contribution is 2.89. The van der Waals surface area contributed by atoms with Crippen LogP contribution in [0.5, 0.6) is 0 Å². The van der Waals surface area contributed by atoms with Crippen molar-refractivity contribution in [1.29, 1.82) is 0 Å². The molecular weight excluding hydrogens is 976 g/mol. The molecule has 356 valence electrons. The van der Waals surface area contributed by atoms with Crippen molar-refractivity contribution in [2.45, 2.75) is 119 Å². The summed E-state index contributed by atoms with van der Waals surface area (Å²) in [5.74, 6) is -72.9. The highest BCUT2D eigenvalue weighted by Gasteiger charge is 3.24. The lowest BCUT2D eigenvalue weighted by molar-refractivity contribution is -0.658. The van der Waals surface area contributed by atoms with Gasteiger partial charge in [0.2, 0.25) is 0 Å². The van der Waals surface area contributed by atoms with Gasteiger partial charge in [-0.2, -0.15) is 114 Å². The molecule has 0 aromatic rings. The molecule has 0 spiro atoms. The van der Waals surface area contributed by atoms with Gasteiger partial charge in [0.15, 0.2) is 0 Å². The molecule has 6 unspecified atom stereocenters. The summed E-state index contributed by atoms with van der Waals surface area (Å²) >= 11 is 0. The molecule has 4 aliphatic rings. The van der Waals surface area contributed by atoms with E-state index in [4.69, 9.17) is 20.4 Å². The molecule has 40 heteroatoms. The molecule has 0 aromatic carbocycles. The fraction of sp³-hybridized carbons (Fsp3) is 1.00. The Labute approximate surface area is 300 Å². The van der Waals surface area contributed by atoms with Crippen LogP contribution < -0.4 is 0 Å². The van der Waals surface area contributed by atoms with E-state index in [-0.39, 0.29) is 0 Å². The molecule has 4 bridgehead atoms. The summed E-state index contributed by atoms with van der Waals surface area (Å²) in [5.41, 5.74) is -38.1. The second-order valence-electron chi connectivity index (χ2n) is 12.0. The molecule has 4 saturated carbocycles. The molecule has 0 aromatic heterocycles. The smallest absolute Gasteiger partial charge is 0.348 e. The highest BCUT2D eigenvalue weighted by atomic mass is 19.4. The molecule has 6 atom stereocenters. The maximum atomic E-state index is 16.3. The summed E-state index contributed by atoms with van der Waals surface area (Å²) in [6.07, 6.45) is -67.3. The van der Waals surface area contributed by atoms with Crippen LogP contribution in [0.25, 0.3) is 0 Å². The Morgan fingerprint density at radius 3 is 0.683 bits per heavy atom. The molecule has 4 aliphatic carbocycles. The van der Waals surface area contributed by atoms with E-state index in [1.165, 1.54) is 0 Å². The summed E-state index contributed by atoms with van der Waals surface area (Å²) < 4.78 is 465. The molecule has 0 saturated heterocycles. The number of hydrogen-bond donors (Lipinski definition) is 4. The minimum Gasteiger partial charge on any atom is -0.348 e. The first-order valence-corrected chi connectivity index (χ1v) is 13.1. The minimum absolute atomic E-state index is 1.09. The standard InChI is InChI=1S/C20H4F32O8/c21-1-5(25,26)2(22)8(31,32)3(23,6(1,27)28)12(36,58-18(47,48)20(51,52)60-16(43,44)10(34,54)14(39,40)56)4(24,7(1,29)30)11(2,35)57-17(45,46)19(49,50)59-15(41,42)9(33,53)13(37,38)55/h53-56H. The van der Waals surface area contributed by atoms with Crippen molar-refractivity contribution in [3.05, 3.63) is 0 Å². The Morgan fingerprint density at radius 1 is 0.267 bits per heavy atom. The third kappa shape index (κ3) is 4.88. The van der Waals surface area contributed by atoms with E-state index in [0.717, 1.165) is 18.9 Å². The molecule has 0 amide bonds. The van der Waals surface area contributed by atoms with Gasteiger partial charge in [-0.3, -0.25) is 9.47 Å². The Kier molecular flexibility index (Phi) is 10.2. The zero-order valence-electron chi connectivity index (χ0n) is 25.5. The van der Waals surface area contributed by atoms with Crippen LogP contribution in [-0.2, 0) is 18.9 Å². The topological polar surface area (TPSA) is 118 Å². The molecular formula is C20H4F32O8. The van der Waals surface area contributed by atoms with Crippen molar-refractivity contribution in [1.82, 2.24) is 0 Å². The van der Waals surface area contributed by atoms with Crippen molar-refractivity contribution < 1.29 is 180 Å².